The fraction of sp³-hybridized carbons (Fsp3) is 0.611. The summed E-state index contributed by atoms with van der Waals surface area (Å²) in [6.45, 7) is 4.63. The largest absolute Gasteiger partial charge is 0.479 e. The highest BCUT2D eigenvalue weighted by Crippen LogP contribution is 2.28. The zero-order chi connectivity index (χ0) is 15.1. The average molecular weight is 286 g/mol. The molecule has 1 fully saturated rings. The van der Waals surface area contributed by atoms with E-state index in [0.29, 0.717) is 12.1 Å². The normalized spacial score (nSPS) is 23.3. The number of hydrogen-bond acceptors (Lipinski definition) is 3. The molecule has 0 aliphatic heterocycles. The van der Waals surface area contributed by atoms with Gasteiger partial charge < -0.3 is 10.1 Å². The zero-order valence-corrected chi connectivity index (χ0v) is 13.1. The standard InChI is InChI=1S/C18H26N2O/c1-3-15-4-8-17(9-5-15)20-14(2)16-6-10-18(11-7-16)21-13-12-19/h6-7,10-11,14-15,17,20H,3-5,8-9,13H2,1-2H3. The lowest BCUT2D eigenvalue weighted by Gasteiger charge is -2.31. The molecule has 114 valence electrons. The van der Waals surface area contributed by atoms with Crippen molar-refractivity contribution in [2.45, 2.75) is 58.0 Å². The number of rotatable bonds is 6. The molecular weight excluding hydrogens is 260 g/mol. The molecule has 0 bridgehead atoms. The van der Waals surface area contributed by atoms with Gasteiger partial charge in [0, 0.05) is 12.1 Å². The summed E-state index contributed by atoms with van der Waals surface area (Å²) >= 11 is 0. The van der Waals surface area contributed by atoms with Crippen molar-refractivity contribution in [3.63, 3.8) is 0 Å². The van der Waals surface area contributed by atoms with Crippen LogP contribution in [0.2, 0.25) is 0 Å². The molecule has 2 rings (SSSR count). The van der Waals surface area contributed by atoms with Crippen LogP contribution in [-0.4, -0.2) is 12.6 Å². The predicted molar refractivity (Wildman–Crippen MR) is 85.1 cm³/mol. The fourth-order valence-corrected chi connectivity index (χ4v) is 3.16. The van der Waals surface area contributed by atoms with E-state index in [4.69, 9.17) is 10.00 Å². The summed E-state index contributed by atoms with van der Waals surface area (Å²) in [5.74, 6) is 1.70. The van der Waals surface area contributed by atoms with Gasteiger partial charge in [-0.05, 0) is 56.2 Å². The lowest BCUT2D eigenvalue weighted by atomic mass is 9.84. The molecule has 1 unspecified atom stereocenters. The first-order valence-electron chi connectivity index (χ1n) is 8.08. The highest BCUT2D eigenvalue weighted by Gasteiger charge is 2.21. The molecule has 0 amide bonds. The van der Waals surface area contributed by atoms with Gasteiger partial charge in [-0.15, -0.1) is 0 Å². The predicted octanol–water partition coefficient (Wildman–Crippen LogP) is 4.21. The molecule has 1 atom stereocenters. The highest BCUT2D eigenvalue weighted by atomic mass is 16.5. The Hall–Kier alpha value is -1.53. The van der Waals surface area contributed by atoms with Crippen LogP contribution in [0.25, 0.3) is 0 Å². The van der Waals surface area contributed by atoms with Gasteiger partial charge in [-0.1, -0.05) is 25.5 Å². The maximum atomic E-state index is 8.50. The van der Waals surface area contributed by atoms with E-state index in [1.807, 2.05) is 18.2 Å². The van der Waals surface area contributed by atoms with Crippen LogP contribution in [0, 0.1) is 17.2 Å². The van der Waals surface area contributed by atoms with Crippen LogP contribution in [0.15, 0.2) is 24.3 Å². The van der Waals surface area contributed by atoms with Gasteiger partial charge in [-0.2, -0.15) is 5.26 Å². The van der Waals surface area contributed by atoms with Gasteiger partial charge in [0.25, 0.3) is 0 Å². The summed E-state index contributed by atoms with van der Waals surface area (Å²) in [7, 11) is 0. The molecule has 0 heterocycles. The second-order valence-corrected chi connectivity index (χ2v) is 6.03. The summed E-state index contributed by atoms with van der Waals surface area (Å²) < 4.78 is 5.28. The first-order valence-corrected chi connectivity index (χ1v) is 8.08. The summed E-state index contributed by atoms with van der Waals surface area (Å²) in [4.78, 5) is 0. The molecular formula is C18H26N2O. The lowest BCUT2D eigenvalue weighted by Crippen LogP contribution is -2.34. The smallest absolute Gasteiger partial charge is 0.174 e. The van der Waals surface area contributed by atoms with Gasteiger partial charge in [0.1, 0.15) is 11.8 Å². The van der Waals surface area contributed by atoms with Crippen LogP contribution < -0.4 is 10.1 Å². The molecule has 3 nitrogen and oxygen atoms in total. The molecule has 0 saturated heterocycles. The minimum Gasteiger partial charge on any atom is -0.479 e. The van der Waals surface area contributed by atoms with Crippen molar-refractivity contribution in [3.05, 3.63) is 29.8 Å². The van der Waals surface area contributed by atoms with E-state index < -0.39 is 0 Å². The van der Waals surface area contributed by atoms with Gasteiger partial charge >= 0.3 is 0 Å². The van der Waals surface area contributed by atoms with E-state index >= 15 is 0 Å². The monoisotopic (exact) mass is 286 g/mol. The molecule has 21 heavy (non-hydrogen) atoms. The maximum absolute atomic E-state index is 8.50. The third-order valence-electron chi connectivity index (χ3n) is 4.59. The first-order chi connectivity index (χ1) is 10.2. The Morgan fingerprint density at radius 3 is 2.48 bits per heavy atom. The van der Waals surface area contributed by atoms with Gasteiger partial charge in [0.15, 0.2) is 6.61 Å². The third-order valence-corrected chi connectivity index (χ3v) is 4.59. The van der Waals surface area contributed by atoms with Crippen molar-refractivity contribution in [1.29, 1.82) is 5.26 Å². The van der Waals surface area contributed by atoms with Crippen LogP contribution in [0.5, 0.6) is 5.75 Å². The highest BCUT2D eigenvalue weighted by molar-refractivity contribution is 5.29. The summed E-state index contributed by atoms with van der Waals surface area (Å²) in [5, 5.41) is 12.3. The van der Waals surface area contributed by atoms with Crippen molar-refractivity contribution in [1.82, 2.24) is 5.32 Å². The van der Waals surface area contributed by atoms with E-state index in [0.717, 1.165) is 11.7 Å². The fourth-order valence-electron chi connectivity index (χ4n) is 3.16. The Balaban J connectivity index is 1.83. The van der Waals surface area contributed by atoms with E-state index in [1.54, 1.807) is 0 Å². The van der Waals surface area contributed by atoms with Crippen molar-refractivity contribution < 1.29 is 4.74 Å². The van der Waals surface area contributed by atoms with Gasteiger partial charge in [-0.3, -0.25) is 0 Å². The molecule has 1 aromatic carbocycles. The molecule has 1 aliphatic carbocycles. The van der Waals surface area contributed by atoms with Crippen LogP contribution in [-0.2, 0) is 0 Å². The number of hydrogen-bond donors (Lipinski definition) is 1. The Labute approximate surface area is 128 Å². The number of nitriles is 1. The molecule has 0 aromatic heterocycles. The molecule has 0 radical (unpaired) electrons. The second-order valence-electron chi connectivity index (χ2n) is 6.03. The molecule has 3 heteroatoms. The van der Waals surface area contributed by atoms with E-state index in [9.17, 15) is 0 Å². The molecule has 1 aromatic rings. The maximum Gasteiger partial charge on any atom is 0.174 e. The Morgan fingerprint density at radius 2 is 1.90 bits per heavy atom. The summed E-state index contributed by atoms with van der Waals surface area (Å²) in [5.41, 5.74) is 1.27. The third kappa shape index (κ3) is 4.75. The SMILES string of the molecule is CCC1CCC(NC(C)c2ccc(OCC#N)cc2)CC1. The van der Waals surface area contributed by atoms with E-state index in [1.165, 1.54) is 37.7 Å². The number of nitrogens with one attached hydrogen (secondary N) is 1. The minimum atomic E-state index is 0.105. The van der Waals surface area contributed by atoms with Crippen LogP contribution in [0.1, 0.15) is 57.6 Å². The Kier molecular flexibility index (Phi) is 6.07. The molecule has 1 aliphatic rings. The Bertz CT molecular complexity index is 455. The number of ether oxygens (including phenoxy) is 1. The Morgan fingerprint density at radius 1 is 1.24 bits per heavy atom. The topological polar surface area (TPSA) is 45.0 Å². The van der Waals surface area contributed by atoms with Gasteiger partial charge in [-0.25, -0.2) is 0 Å². The van der Waals surface area contributed by atoms with Gasteiger partial charge in [0.05, 0.1) is 0 Å². The second kappa shape index (κ2) is 8.05. The lowest BCUT2D eigenvalue weighted by molar-refractivity contribution is 0.273. The van der Waals surface area contributed by atoms with Crippen molar-refractivity contribution in [2.75, 3.05) is 6.61 Å². The number of benzene rings is 1. The molecule has 0 spiro atoms. The quantitative estimate of drug-likeness (QED) is 0.852. The van der Waals surface area contributed by atoms with Crippen molar-refractivity contribution in [3.8, 4) is 11.8 Å². The summed E-state index contributed by atoms with van der Waals surface area (Å²) in [6.07, 6.45) is 6.65. The van der Waals surface area contributed by atoms with Crippen LogP contribution in [0.3, 0.4) is 0 Å². The van der Waals surface area contributed by atoms with E-state index in [-0.39, 0.29) is 6.61 Å². The van der Waals surface area contributed by atoms with Crippen molar-refractivity contribution in [2.24, 2.45) is 5.92 Å². The molecule has 1 N–H and O–H groups in total. The van der Waals surface area contributed by atoms with Gasteiger partial charge in [0.2, 0.25) is 0 Å². The van der Waals surface area contributed by atoms with Crippen molar-refractivity contribution >= 4 is 0 Å². The van der Waals surface area contributed by atoms with E-state index in [2.05, 4.69) is 31.3 Å². The van der Waals surface area contributed by atoms with Crippen LogP contribution in [0.4, 0.5) is 0 Å². The summed E-state index contributed by atoms with van der Waals surface area (Å²) in [6, 6.07) is 11.0. The minimum absolute atomic E-state index is 0.105. The zero-order valence-electron chi connectivity index (χ0n) is 13.1. The molecule has 1 saturated carbocycles. The first kappa shape index (κ1) is 15.9. The number of nitrogens with zero attached hydrogens (tertiary/aromatic N) is 1. The van der Waals surface area contributed by atoms with Crippen LogP contribution >= 0.6 is 0 Å². The average Bonchev–Trinajstić information content (AvgIpc) is 2.54.